The van der Waals surface area contributed by atoms with Gasteiger partial charge in [-0.3, -0.25) is 28.2 Å². The fraction of sp³-hybridized carbons (Fsp3) is 0.957. The maximum atomic E-state index is 14.9. The molecule has 1 saturated carbocycles. The summed E-state index contributed by atoms with van der Waals surface area (Å²) in [7, 11) is -5.81. The van der Waals surface area contributed by atoms with Crippen LogP contribution in [-0.2, 0) is 70.7 Å². The largest absolute Gasteiger partial charge is 0.472 e. The quantitative estimate of drug-likeness (QED) is 0.0117. The molecule has 2 aliphatic heterocycles. The van der Waals surface area contributed by atoms with Crippen molar-refractivity contribution in [1.29, 1.82) is 0 Å². The predicted molar refractivity (Wildman–Crippen MR) is 463 cm³/mol. The van der Waals surface area contributed by atoms with E-state index in [4.69, 9.17) is 46.9 Å². The highest BCUT2D eigenvalue weighted by Gasteiger charge is 2.60. The lowest BCUT2D eigenvalue weighted by atomic mass is 9.84. The Kier molecular flexibility index (Phi) is 66.5. The summed E-state index contributed by atoms with van der Waals surface area (Å²) < 4.78 is 73.6. The van der Waals surface area contributed by atoms with E-state index in [2.05, 4.69) is 34.6 Å². The van der Waals surface area contributed by atoms with Gasteiger partial charge in [0.05, 0.1) is 13.2 Å². The second kappa shape index (κ2) is 71.5. The number of hydrogen-bond acceptors (Lipinski definition) is 24. The minimum Gasteiger partial charge on any atom is -0.463 e. The molecule has 119 heavy (non-hydrogen) atoms. The third-order valence-corrected chi connectivity index (χ3v) is 25.2. The highest BCUT2D eigenvalue weighted by molar-refractivity contribution is 7.47. The van der Waals surface area contributed by atoms with Gasteiger partial charge >= 0.3 is 31.7 Å². The second-order valence-corrected chi connectivity index (χ2v) is 36.6. The molecular formula is C93H175O25P. The van der Waals surface area contributed by atoms with Crippen molar-refractivity contribution in [2.45, 2.75) is 537 Å². The Morgan fingerprint density at radius 1 is 0.328 bits per heavy atom. The summed E-state index contributed by atoms with van der Waals surface area (Å²) in [6.07, 6.45) is 28.0. The molecule has 0 amide bonds. The molecule has 0 bridgehead atoms. The van der Waals surface area contributed by atoms with Gasteiger partial charge in [0.1, 0.15) is 92.6 Å². The molecule has 3 rings (SSSR count). The van der Waals surface area contributed by atoms with E-state index in [9.17, 15) is 74.6 Å². The summed E-state index contributed by atoms with van der Waals surface area (Å²) in [5.41, 5.74) is 0. The van der Waals surface area contributed by atoms with Crippen molar-refractivity contribution in [3.8, 4) is 0 Å². The average Bonchev–Trinajstić information content (AvgIpc) is 0.754. The fourth-order valence-electron chi connectivity index (χ4n) is 16.4. The summed E-state index contributed by atoms with van der Waals surface area (Å²) in [6.45, 7) is 7.97. The molecular weight excluding hydrogens is 1550 g/mol. The predicted octanol–water partition coefficient (Wildman–Crippen LogP) is 18.4. The molecule has 0 radical (unpaired) electrons. The van der Waals surface area contributed by atoms with Crippen LogP contribution in [0.5, 0.6) is 0 Å². The van der Waals surface area contributed by atoms with Crippen molar-refractivity contribution in [2.24, 2.45) is 5.92 Å². The van der Waals surface area contributed by atoms with Crippen LogP contribution in [0.25, 0.3) is 0 Å². The van der Waals surface area contributed by atoms with E-state index in [0.717, 1.165) is 128 Å². The summed E-state index contributed by atoms with van der Waals surface area (Å²) in [4.78, 5) is 66.6. The summed E-state index contributed by atoms with van der Waals surface area (Å²) in [5.74, 6) is -2.27. The van der Waals surface area contributed by atoms with E-state index in [-0.39, 0.29) is 25.7 Å². The summed E-state index contributed by atoms with van der Waals surface area (Å²) >= 11 is 0. The number of esters is 4. The monoisotopic (exact) mass is 1720 g/mol. The van der Waals surface area contributed by atoms with Crippen molar-refractivity contribution in [3.05, 3.63) is 0 Å². The van der Waals surface area contributed by atoms with E-state index in [1.165, 1.54) is 212 Å². The van der Waals surface area contributed by atoms with Crippen LogP contribution in [0.2, 0.25) is 0 Å². The lowest BCUT2D eigenvalue weighted by molar-refractivity contribution is -0.360. The van der Waals surface area contributed by atoms with Gasteiger partial charge in [-0.05, 0) is 31.6 Å². The first-order valence-corrected chi connectivity index (χ1v) is 50.2. The van der Waals surface area contributed by atoms with Crippen molar-refractivity contribution in [3.63, 3.8) is 0 Å². The van der Waals surface area contributed by atoms with Crippen LogP contribution in [0, 0.1) is 5.92 Å². The first-order valence-electron chi connectivity index (χ1n) is 48.7. The summed E-state index contributed by atoms with van der Waals surface area (Å²) in [5, 5.41) is 102. The molecule has 2 saturated heterocycles. The number of carbonyl (C=O) groups excluding carboxylic acids is 4. The lowest BCUT2D eigenvalue weighted by Crippen LogP contribution is -2.70. The highest BCUT2D eigenvalue weighted by Crippen LogP contribution is 2.49. The Labute approximate surface area is 719 Å². The van der Waals surface area contributed by atoms with Crippen LogP contribution in [0.3, 0.4) is 0 Å². The van der Waals surface area contributed by atoms with Crippen LogP contribution in [0.15, 0.2) is 0 Å². The van der Waals surface area contributed by atoms with Crippen LogP contribution in [-0.4, -0.2) is 205 Å². The average molecular weight is 1720 g/mol. The second-order valence-electron chi connectivity index (χ2n) is 35.2. The van der Waals surface area contributed by atoms with Crippen molar-refractivity contribution >= 4 is 31.7 Å². The first kappa shape index (κ1) is 111. The zero-order valence-corrected chi connectivity index (χ0v) is 76.0. The minimum atomic E-state index is -5.81. The number of aliphatic hydroxyl groups excluding tert-OH is 9. The van der Waals surface area contributed by atoms with Crippen LogP contribution < -0.4 is 0 Å². The molecule has 0 aromatic rings. The minimum absolute atomic E-state index is 0.0199. The van der Waals surface area contributed by atoms with E-state index in [1.54, 1.807) is 0 Å². The van der Waals surface area contributed by atoms with Gasteiger partial charge < -0.3 is 88.7 Å². The maximum Gasteiger partial charge on any atom is 0.472 e. The van der Waals surface area contributed by atoms with Crippen molar-refractivity contribution in [1.82, 2.24) is 0 Å². The molecule has 3 aliphatic rings. The standard InChI is InChI=1S/C93H175O25P/c1-6-10-14-18-22-25-28-31-33-35-38-39-42-45-52-58-64-76(95)109-69-73(112-78(97)66-60-55-49-48-51-57-63-72(5)62-56-50-21-17-13-9-4)70-111-119(107,108)118-91-89(116-92-86(105)82(101)80(99)74(68-94)113-92)85(104)84(103)88(115-79(98)67-61-54-47-44-41-36-30-27-24-20-16-12-8-3)90(91)117-93-87(106)83(102)81(100)75(114-93)71-110-77(96)65-59-53-46-43-40-37-34-32-29-26-23-19-15-11-7-2/h72-75,80-94,99-106H,6-71H2,1-5H3,(H,107,108). The van der Waals surface area contributed by atoms with Crippen LogP contribution in [0.4, 0.5) is 0 Å². The molecule has 19 unspecified atom stereocenters. The van der Waals surface area contributed by atoms with E-state index >= 15 is 0 Å². The number of unbranched alkanes of at least 4 members (excludes halogenated alkanes) is 51. The third kappa shape index (κ3) is 51.8. The Morgan fingerprint density at radius 3 is 1.00 bits per heavy atom. The van der Waals surface area contributed by atoms with Gasteiger partial charge in [-0.25, -0.2) is 4.57 Å². The molecule has 19 atom stereocenters. The van der Waals surface area contributed by atoms with E-state index < -0.39 is 162 Å². The SMILES string of the molecule is CCCCCCCCCCCCCCCCCCC(=O)OCC(COP(=O)(O)OC1C(OC2OC(CO)C(O)C(O)C2O)C(O)C(O)C(OC(=O)CCCCCCCCCCCCCCC)C1OC1OC(COC(=O)CCCCCCCCCCCCCCCCC)C(O)C(O)C1O)OC(=O)CCCCCCCCC(C)CCCCCCCC. The zero-order valence-electron chi connectivity index (χ0n) is 75.1. The van der Waals surface area contributed by atoms with Crippen LogP contribution in [0.1, 0.15) is 433 Å². The van der Waals surface area contributed by atoms with Gasteiger partial charge in [0.2, 0.25) is 0 Å². The Morgan fingerprint density at radius 2 is 0.630 bits per heavy atom. The first-order chi connectivity index (χ1) is 57.6. The van der Waals surface area contributed by atoms with E-state index in [1.807, 2.05) is 0 Å². The number of ether oxygens (including phenoxy) is 8. The van der Waals surface area contributed by atoms with Gasteiger partial charge in [0.15, 0.2) is 24.8 Å². The molecule has 0 aromatic heterocycles. The number of aliphatic hydroxyl groups is 9. The van der Waals surface area contributed by atoms with Crippen LogP contribution >= 0.6 is 7.82 Å². The summed E-state index contributed by atoms with van der Waals surface area (Å²) in [6, 6.07) is 0. The Balaban J connectivity index is 1.90. The smallest absolute Gasteiger partial charge is 0.463 e. The van der Waals surface area contributed by atoms with E-state index in [0.29, 0.717) is 38.0 Å². The van der Waals surface area contributed by atoms with Gasteiger partial charge in [0, 0.05) is 25.7 Å². The van der Waals surface area contributed by atoms with Gasteiger partial charge in [0.25, 0.3) is 0 Å². The lowest BCUT2D eigenvalue weighted by Gasteiger charge is -2.50. The Bertz CT molecular complexity index is 2490. The molecule has 702 valence electrons. The highest BCUT2D eigenvalue weighted by atomic mass is 31.2. The number of phosphoric ester groups is 1. The molecule has 3 fully saturated rings. The number of rotatable bonds is 79. The fourth-order valence-corrected chi connectivity index (χ4v) is 17.4. The maximum absolute atomic E-state index is 14.9. The van der Waals surface area contributed by atoms with Gasteiger partial charge in [-0.2, -0.15) is 0 Å². The normalized spacial score (nSPS) is 25.0. The molecule has 0 spiro atoms. The van der Waals surface area contributed by atoms with Gasteiger partial charge in [-0.1, -0.05) is 381 Å². The number of hydrogen-bond donors (Lipinski definition) is 10. The molecule has 10 N–H and O–H groups in total. The van der Waals surface area contributed by atoms with Crippen molar-refractivity contribution < 1.29 is 122 Å². The molecule has 26 heteroatoms. The number of phosphoric acid groups is 1. The topological polar surface area (TPSA) is 380 Å². The van der Waals surface area contributed by atoms with Crippen molar-refractivity contribution in [2.75, 3.05) is 26.4 Å². The molecule has 0 aromatic carbocycles. The third-order valence-electron chi connectivity index (χ3n) is 24.3. The molecule has 2 heterocycles. The Hall–Kier alpha value is -2.53. The number of carbonyl (C=O) groups is 4. The zero-order chi connectivity index (χ0) is 86.9. The van der Waals surface area contributed by atoms with Gasteiger partial charge in [-0.15, -0.1) is 0 Å². The molecule has 25 nitrogen and oxygen atoms in total. The molecule has 1 aliphatic carbocycles.